The summed E-state index contributed by atoms with van der Waals surface area (Å²) in [6.45, 7) is 5.74. The van der Waals surface area contributed by atoms with E-state index < -0.39 is 25.7 Å². The number of Topliss-reactive ketones (excluding diaryl/α,β-unsaturated/α-hetero) is 1. The summed E-state index contributed by atoms with van der Waals surface area (Å²) < 4.78 is 38.3. The minimum absolute atomic E-state index is 0.00164. The molecule has 132 valence electrons. The standard InChI is InChI=1S/C18H24O5S/c1-16(2)14-9-10-17(16,3)15(19)18(14,24(20,21)22)11-12-5-7-13(23-4)8-6-12/h5-8,14H,9-11H2,1-4H3,(H,20,21,22). The molecule has 3 rings (SSSR count). The van der Waals surface area contributed by atoms with Gasteiger partial charge in [0, 0.05) is 11.8 Å². The van der Waals surface area contributed by atoms with Crippen LogP contribution >= 0.6 is 0 Å². The van der Waals surface area contributed by atoms with Crippen molar-refractivity contribution in [3.8, 4) is 5.75 Å². The number of methoxy groups -OCH3 is 1. The first-order chi connectivity index (χ1) is 11.0. The van der Waals surface area contributed by atoms with Gasteiger partial charge >= 0.3 is 0 Å². The molecule has 2 aliphatic carbocycles. The predicted molar refractivity (Wildman–Crippen MR) is 90.6 cm³/mol. The molecule has 5 nitrogen and oxygen atoms in total. The summed E-state index contributed by atoms with van der Waals surface area (Å²) in [5, 5.41) is 0. The number of ketones is 1. The maximum Gasteiger partial charge on any atom is 0.278 e. The van der Waals surface area contributed by atoms with Crippen LogP contribution in [0.25, 0.3) is 0 Å². The molecule has 1 aromatic carbocycles. The zero-order valence-electron chi connectivity index (χ0n) is 14.5. The smallest absolute Gasteiger partial charge is 0.278 e. The second-order valence-electron chi connectivity index (χ2n) is 7.86. The Morgan fingerprint density at radius 3 is 2.21 bits per heavy atom. The van der Waals surface area contributed by atoms with Gasteiger partial charge in [0.15, 0.2) is 10.5 Å². The van der Waals surface area contributed by atoms with Crippen molar-refractivity contribution in [2.75, 3.05) is 7.11 Å². The van der Waals surface area contributed by atoms with Gasteiger partial charge in [-0.3, -0.25) is 9.35 Å². The second kappa shape index (κ2) is 5.05. The Bertz CT molecular complexity index is 780. The summed E-state index contributed by atoms with van der Waals surface area (Å²) in [5.74, 6) is -0.0691. The Kier molecular flexibility index (Phi) is 3.67. The Morgan fingerprint density at radius 1 is 1.21 bits per heavy atom. The van der Waals surface area contributed by atoms with Gasteiger partial charge in [-0.2, -0.15) is 8.42 Å². The molecule has 24 heavy (non-hydrogen) atoms. The van der Waals surface area contributed by atoms with Gasteiger partial charge in [-0.1, -0.05) is 32.9 Å². The zero-order valence-corrected chi connectivity index (χ0v) is 15.3. The van der Waals surface area contributed by atoms with Crippen molar-refractivity contribution < 1.29 is 22.5 Å². The number of carbonyl (C=O) groups is 1. The van der Waals surface area contributed by atoms with Crippen LogP contribution in [-0.4, -0.2) is 30.6 Å². The SMILES string of the molecule is COc1ccc(CC2(S(=O)(=O)O)C(=O)C3(C)CCC2C3(C)C)cc1. The lowest BCUT2D eigenvalue weighted by Gasteiger charge is -2.35. The lowest BCUT2D eigenvalue weighted by atomic mass is 9.70. The highest BCUT2D eigenvalue weighted by Crippen LogP contribution is 2.69. The average Bonchev–Trinajstić information content (AvgIpc) is 2.80. The maximum absolute atomic E-state index is 13.2. The fourth-order valence-corrected chi connectivity index (χ4v) is 6.57. The van der Waals surface area contributed by atoms with Crippen LogP contribution in [0.3, 0.4) is 0 Å². The quantitative estimate of drug-likeness (QED) is 0.843. The van der Waals surface area contributed by atoms with Crippen molar-refractivity contribution >= 4 is 15.9 Å². The van der Waals surface area contributed by atoms with E-state index in [1.807, 2.05) is 20.8 Å². The van der Waals surface area contributed by atoms with Crippen molar-refractivity contribution in [1.82, 2.24) is 0 Å². The van der Waals surface area contributed by atoms with E-state index in [0.29, 0.717) is 24.2 Å². The van der Waals surface area contributed by atoms with Gasteiger partial charge in [0.1, 0.15) is 5.75 Å². The molecule has 1 N–H and O–H groups in total. The lowest BCUT2D eigenvalue weighted by molar-refractivity contribution is -0.130. The number of benzene rings is 1. The monoisotopic (exact) mass is 352 g/mol. The largest absolute Gasteiger partial charge is 0.497 e. The first-order valence-electron chi connectivity index (χ1n) is 8.15. The molecule has 0 saturated heterocycles. The predicted octanol–water partition coefficient (Wildman–Crippen LogP) is 2.89. The Morgan fingerprint density at radius 2 is 1.79 bits per heavy atom. The van der Waals surface area contributed by atoms with Gasteiger partial charge in [0.25, 0.3) is 10.1 Å². The molecular weight excluding hydrogens is 328 g/mol. The second-order valence-corrected chi connectivity index (χ2v) is 9.54. The number of ether oxygens (including phenoxy) is 1. The Balaban J connectivity index is 2.13. The highest BCUT2D eigenvalue weighted by Gasteiger charge is 2.77. The minimum Gasteiger partial charge on any atom is -0.497 e. The van der Waals surface area contributed by atoms with E-state index in [2.05, 4.69) is 0 Å². The van der Waals surface area contributed by atoms with Gasteiger partial charge in [-0.25, -0.2) is 0 Å². The molecule has 0 spiro atoms. The first-order valence-corrected chi connectivity index (χ1v) is 9.59. The third-order valence-corrected chi connectivity index (χ3v) is 8.30. The molecule has 0 aromatic heterocycles. The molecule has 3 unspecified atom stereocenters. The first kappa shape index (κ1) is 17.4. The maximum atomic E-state index is 13.2. The number of fused-ring (bicyclic) bond motifs is 2. The van der Waals surface area contributed by atoms with Crippen LogP contribution in [0.5, 0.6) is 5.75 Å². The highest BCUT2D eigenvalue weighted by atomic mass is 32.2. The van der Waals surface area contributed by atoms with Crippen molar-refractivity contribution in [1.29, 1.82) is 0 Å². The van der Waals surface area contributed by atoms with Crippen molar-refractivity contribution in [3.63, 3.8) is 0 Å². The van der Waals surface area contributed by atoms with E-state index in [-0.39, 0.29) is 18.1 Å². The highest BCUT2D eigenvalue weighted by molar-refractivity contribution is 7.88. The van der Waals surface area contributed by atoms with E-state index in [0.717, 1.165) is 0 Å². The van der Waals surface area contributed by atoms with Crippen LogP contribution in [0, 0.1) is 16.7 Å². The third-order valence-electron chi connectivity index (χ3n) is 6.76. The van der Waals surface area contributed by atoms with Crippen molar-refractivity contribution in [2.45, 2.75) is 44.8 Å². The molecule has 1 aromatic rings. The molecule has 0 radical (unpaired) electrons. The number of rotatable bonds is 4. The van der Waals surface area contributed by atoms with Crippen LogP contribution in [0.1, 0.15) is 39.2 Å². The molecule has 0 heterocycles. The average molecular weight is 352 g/mol. The molecule has 2 aliphatic rings. The topological polar surface area (TPSA) is 80.7 Å². The number of hydrogen-bond acceptors (Lipinski definition) is 4. The number of carbonyl (C=O) groups excluding carboxylic acids is 1. The molecule has 2 saturated carbocycles. The van der Waals surface area contributed by atoms with Crippen LogP contribution in [0.15, 0.2) is 24.3 Å². The fraction of sp³-hybridized carbons (Fsp3) is 0.611. The third kappa shape index (κ3) is 1.96. The van der Waals surface area contributed by atoms with Crippen molar-refractivity contribution in [2.24, 2.45) is 16.7 Å². The summed E-state index contributed by atoms with van der Waals surface area (Å²) in [7, 11) is -2.99. The fourth-order valence-electron chi connectivity index (χ4n) is 4.99. The molecule has 6 heteroatoms. The van der Waals surface area contributed by atoms with Crippen LogP contribution in [0.4, 0.5) is 0 Å². The van der Waals surface area contributed by atoms with E-state index >= 15 is 0 Å². The van der Waals surface area contributed by atoms with E-state index in [4.69, 9.17) is 4.74 Å². The van der Waals surface area contributed by atoms with Gasteiger partial charge in [-0.15, -0.1) is 0 Å². The molecular formula is C18H24O5S. The minimum atomic E-state index is -4.55. The van der Waals surface area contributed by atoms with Gasteiger partial charge < -0.3 is 4.74 Å². The van der Waals surface area contributed by atoms with Crippen LogP contribution in [0.2, 0.25) is 0 Å². The van der Waals surface area contributed by atoms with Crippen molar-refractivity contribution in [3.05, 3.63) is 29.8 Å². The normalized spacial score (nSPS) is 34.5. The van der Waals surface area contributed by atoms with Gasteiger partial charge in [0.05, 0.1) is 7.11 Å². The van der Waals surface area contributed by atoms with Crippen LogP contribution in [-0.2, 0) is 21.3 Å². The summed E-state index contributed by atoms with van der Waals surface area (Å²) in [6, 6.07) is 6.97. The summed E-state index contributed by atoms with van der Waals surface area (Å²) in [6.07, 6.45) is 1.30. The van der Waals surface area contributed by atoms with Crippen LogP contribution < -0.4 is 4.74 Å². The lowest BCUT2D eigenvalue weighted by Crippen LogP contribution is -2.54. The molecule has 0 amide bonds. The number of hydrogen-bond donors (Lipinski definition) is 1. The van der Waals surface area contributed by atoms with E-state index in [9.17, 15) is 17.8 Å². The Labute approximate surface area is 143 Å². The molecule has 2 bridgehead atoms. The summed E-state index contributed by atoms with van der Waals surface area (Å²) in [4.78, 5) is 13.2. The Hall–Kier alpha value is -1.40. The van der Waals surface area contributed by atoms with E-state index in [1.54, 1.807) is 31.4 Å². The summed E-state index contributed by atoms with van der Waals surface area (Å²) >= 11 is 0. The van der Waals surface area contributed by atoms with E-state index in [1.165, 1.54) is 0 Å². The summed E-state index contributed by atoms with van der Waals surface area (Å²) in [5.41, 5.74) is -0.486. The molecule has 0 aliphatic heterocycles. The van der Waals surface area contributed by atoms with Gasteiger partial charge in [0.2, 0.25) is 0 Å². The molecule has 3 atom stereocenters. The molecule has 2 fully saturated rings. The van der Waals surface area contributed by atoms with Gasteiger partial charge in [-0.05, 0) is 41.9 Å². The zero-order chi connectivity index (χ0) is 18.0.